The Bertz CT molecular complexity index is 336. The van der Waals surface area contributed by atoms with Crippen LogP contribution in [-0.4, -0.2) is 5.11 Å². The molecule has 1 atom stereocenters. The molecule has 0 amide bonds. The van der Waals surface area contributed by atoms with Crippen LogP contribution in [0.4, 0.5) is 0 Å². The average Bonchev–Trinajstić information content (AvgIpc) is 2.04. The minimum atomic E-state index is -0.932. The van der Waals surface area contributed by atoms with Crippen molar-refractivity contribution < 1.29 is 5.11 Å². The monoisotopic (exact) mass is 238 g/mol. The Balaban J connectivity index is 3.01. The highest BCUT2D eigenvalue weighted by atomic mass is 79.9. The van der Waals surface area contributed by atoms with Crippen LogP contribution in [0.15, 0.2) is 28.7 Å². The zero-order valence-electron chi connectivity index (χ0n) is 7.42. The van der Waals surface area contributed by atoms with Crippen molar-refractivity contribution in [1.29, 1.82) is 0 Å². The Morgan fingerprint density at radius 3 is 2.85 bits per heavy atom. The van der Waals surface area contributed by atoms with Gasteiger partial charge in [0.05, 0.1) is 5.60 Å². The molecule has 13 heavy (non-hydrogen) atoms. The first kappa shape index (κ1) is 10.3. The van der Waals surface area contributed by atoms with Crippen LogP contribution in [-0.2, 0) is 5.60 Å². The number of hydrogen-bond donors (Lipinski definition) is 1. The molecular formula is C11H11BrO. The van der Waals surface area contributed by atoms with Crippen LogP contribution < -0.4 is 0 Å². The van der Waals surface area contributed by atoms with Crippen molar-refractivity contribution in [3.8, 4) is 12.3 Å². The molecule has 2 heteroatoms. The summed E-state index contributed by atoms with van der Waals surface area (Å²) in [6.07, 6.45) is 5.49. The number of benzene rings is 1. The molecule has 0 aromatic heterocycles. The lowest BCUT2D eigenvalue weighted by Gasteiger charge is -2.21. The zero-order chi connectivity index (χ0) is 9.90. The quantitative estimate of drug-likeness (QED) is 0.786. The van der Waals surface area contributed by atoms with Crippen molar-refractivity contribution in [1.82, 2.24) is 0 Å². The molecule has 68 valence electrons. The van der Waals surface area contributed by atoms with Crippen LogP contribution in [0.1, 0.15) is 18.9 Å². The van der Waals surface area contributed by atoms with Crippen LogP contribution in [0.5, 0.6) is 0 Å². The van der Waals surface area contributed by atoms with Gasteiger partial charge in [0.15, 0.2) is 0 Å². The lowest BCUT2D eigenvalue weighted by molar-refractivity contribution is 0.0629. The van der Waals surface area contributed by atoms with Gasteiger partial charge >= 0.3 is 0 Å². The molecule has 1 aromatic rings. The smallest absolute Gasteiger partial charge is 0.0977 e. The first-order valence-corrected chi connectivity index (χ1v) is 4.77. The minimum Gasteiger partial charge on any atom is -0.384 e. The summed E-state index contributed by atoms with van der Waals surface area (Å²) < 4.78 is 0.947. The third-order valence-electron chi connectivity index (χ3n) is 1.89. The van der Waals surface area contributed by atoms with Gasteiger partial charge in [0.1, 0.15) is 0 Å². The molecule has 0 saturated heterocycles. The summed E-state index contributed by atoms with van der Waals surface area (Å²) in [7, 11) is 0. The molecule has 0 saturated carbocycles. The second kappa shape index (κ2) is 3.95. The Morgan fingerprint density at radius 1 is 1.62 bits per heavy atom. The van der Waals surface area contributed by atoms with Gasteiger partial charge in [0.25, 0.3) is 0 Å². The Morgan fingerprint density at radius 2 is 2.31 bits per heavy atom. The van der Waals surface area contributed by atoms with Crippen molar-refractivity contribution in [3.05, 3.63) is 34.3 Å². The van der Waals surface area contributed by atoms with Crippen LogP contribution in [0.25, 0.3) is 0 Å². The predicted molar refractivity (Wildman–Crippen MR) is 57.2 cm³/mol. The fraction of sp³-hybridized carbons (Fsp3) is 0.273. The van der Waals surface area contributed by atoms with Gasteiger partial charge in [-0.3, -0.25) is 0 Å². The van der Waals surface area contributed by atoms with E-state index in [1.54, 1.807) is 6.92 Å². The molecule has 1 aromatic carbocycles. The molecule has 1 nitrogen and oxygen atoms in total. The molecule has 0 fully saturated rings. The van der Waals surface area contributed by atoms with E-state index in [-0.39, 0.29) is 0 Å². The highest BCUT2D eigenvalue weighted by Gasteiger charge is 2.21. The molecule has 1 unspecified atom stereocenters. The first-order chi connectivity index (χ1) is 6.06. The maximum absolute atomic E-state index is 9.95. The van der Waals surface area contributed by atoms with Crippen molar-refractivity contribution in [2.75, 3.05) is 0 Å². The average molecular weight is 239 g/mol. The van der Waals surface area contributed by atoms with E-state index >= 15 is 0 Å². The molecule has 0 aliphatic carbocycles. The Kier molecular flexibility index (Phi) is 3.13. The second-order valence-electron chi connectivity index (χ2n) is 3.17. The third-order valence-corrected chi connectivity index (χ3v) is 2.39. The molecule has 0 heterocycles. The van der Waals surface area contributed by atoms with Gasteiger partial charge in [-0.15, -0.1) is 12.3 Å². The molecule has 0 radical (unpaired) electrons. The predicted octanol–water partition coefficient (Wildman–Crippen LogP) is 2.68. The SMILES string of the molecule is C#CCC(C)(O)c1cccc(Br)c1. The van der Waals surface area contributed by atoms with E-state index in [4.69, 9.17) is 6.42 Å². The second-order valence-corrected chi connectivity index (χ2v) is 4.08. The van der Waals surface area contributed by atoms with E-state index in [0.29, 0.717) is 6.42 Å². The van der Waals surface area contributed by atoms with Crippen molar-refractivity contribution in [2.45, 2.75) is 18.9 Å². The number of aliphatic hydroxyl groups is 1. The lowest BCUT2D eigenvalue weighted by Crippen LogP contribution is -2.19. The number of halogens is 1. The van der Waals surface area contributed by atoms with E-state index in [0.717, 1.165) is 10.0 Å². The molecule has 0 aliphatic heterocycles. The van der Waals surface area contributed by atoms with Crippen LogP contribution in [0.3, 0.4) is 0 Å². The summed E-state index contributed by atoms with van der Waals surface area (Å²) in [4.78, 5) is 0. The van der Waals surface area contributed by atoms with Crippen molar-refractivity contribution in [2.24, 2.45) is 0 Å². The molecule has 0 bridgehead atoms. The standard InChI is InChI=1S/C11H11BrO/c1-3-7-11(2,13)9-5-4-6-10(12)8-9/h1,4-6,8,13H,7H2,2H3. The summed E-state index contributed by atoms with van der Waals surface area (Å²) in [6.45, 7) is 1.72. The third kappa shape index (κ3) is 2.58. The van der Waals surface area contributed by atoms with Gasteiger partial charge in [-0.05, 0) is 24.6 Å². The summed E-state index contributed by atoms with van der Waals surface area (Å²) in [5.41, 5.74) is -0.0988. The summed E-state index contributed by atoms with van der Waals surface area (Å²) in [6, 6.07) is 7.53. The van der Waals surface area contributed by atoms with E-state index in [9.17, 15) is 5.11 Å². The van der Waals surface area contributed by atoms with Gasteiger partial charge < -0.3 is 5.11 Å². The van der Waals surface area contributed by atoms with Gasteiger partial charge in [-0.1, -0.05) is 28.1 Å². The van der Waals surface area contributed by atoms with Crippen LogP contribution in [0, 0.1) is 12.3 Å². The van der Waals surface area contributed by atoms with Crippen LogP contribution in [0.2, 0.25) is 0 Å². The van der Waals surface area contributed by atoms with Gasteiger partial charge in [0, 0.05) is 10.9 Å². The van der Waals surface area contributed by atoms with E-state index in [1.807, 2.05) is 24.3 Å². The topological polar surface area (TPSA) is 20.2 Å². The molecular weight excluding hydrogens is 228 g/mol. The normalized spacial score (nSPS) is 14.6. The van der Waals surface area contributed by atoms with Crippen molar-refractivity contribution in [3.63, 3.8) is 0 Å². The number of rotatable bonds is 2. The largest absolute Gasteiger partial charge is 0.384 e. The fourth-order valence-corrected chi connectivity index (χ4v) is 1.52. The Labute approximate surface area is 86.9 Å². The number of terminal acetylenes is 1. The minimum absolute atomic E-state index is 0.323. The zero-order valence-corrected chi connectivity index (χ0v) is 9.01. The summed E-state index contributed by atoms with van der Waals surface area (Å²) in [5, 5.41) is 9.95. The number of hydrogen-bond acceptors (Lipinski definition) is 1. The van der Waals surface area contributed by atoms with E-state index in [1.165, 1.54) is 0 Å². The van der Waals surface area contributed by atoms with E-state index in [2.05, 4.69) is 21.9 Å². The van der Waals surface area contributed by atoms with Gasteiger partial charge in [-0.25, -0.2) is 0 Å². The molecule has 0 aliphatic rings. The summed E-state index contributed by atoms with van der Waals surface area (Å²) >= 11 is 3.34. The van der Waals surface area contributed by atoms with Crippen molar-refractivity contribution >= 4 is 15.9 Å². The Hall–Kier alpha value is -0.780. The molecule has 0 spiro atoms. The highest BCUT2D eigenvalue weighted by Crippen LogP contribution is 2.25. The lowest BCUT2D eigenvalue weighted by atomic mass is 9.93. The van der Waals surface area contributed by atoms with E-state index < -0.39 is 5.60 Å². The fourth-order valence-electron chi connectivity index (χ4n) is 1.12. The first-order valence-electron chi connectivity index (χ1n) is 3.98. The molecule has 1 rings (SSSR count). The maximum atomic E-state index is 9.95. The highest BCUT2D eigenvalue weighted by molar-refractivity contribution is 9.10. The summed E-state index contributed by atoms with van der Waals surface area (Å²) in [5.74, 6) is 2.46. The van der Waals surface area contributed by atoms with Gasteiger partial charge in [-0.2, -0.15) is 0 Å². The van der Waals surface area contributed by atoms with Gasteiger partial charge in [0.2, 0.25) is 0 Å². The van der Waals surface area contributed by atoms with Crippen LogP contribution >= 0.6 is 15.9 Å². The maximum Gasteiger partial charge on any atom is 0.0977 e. The molecule has 1 N–H and O–H groups in total.